The number of nitrogens with zero attached hydrogens (tertiary/aromatic N) is 3. The van der Waals surface area contributed by atoms with Crippen molar-refractivity contribution in [2.75, 3.05) is 25.5 Å². The van der Waals surface area contributed by atoms with Gasteiger partial charge in [0, 0.05) is 24.9 Å². The molecule has 0 radical (unpaired) electrons. The van der Waals surface area contributed by atoms with Crippen LogP contribution in [0.1, 0.15) is 52.1 Å². The first-order chi connectivity index (χ1) is 13.2. The Hall–Kier alpha value is -2.36. The van der Waals surface area contributed by atoms with Crippen LogP contribution in [0.5, 0.6) is 0 Å². The molecule has 2 rings (SSSR count). The zero-order valence-electron chi connectivity index (χ0n) is 18.1. The highest BCUT2D eigenvalue weighted by molar-refractivity contribution is 7.15. The molecule has 1 aliphatic rings. The summed E-state index contributed by atoms with van der Waals surface area (Å²) < 4.78 is 10.6. The van der Waals surface area contributed by atoms with Gasteiger partial charge in [0.2, 0.25) is 5.91 Å². The maximum absolute atomic E-state index is 12.3. The zero-order chi connectivity index (χ0) is 22.0. The van der Waals surface area contributed by atoms with Crippen LogP contribution in [-0.2, 0) is 27.2 Å². The summed E-state index contributed by atoms with van der Waals surface area (Å²) in [7, 11) is 1.50. The van der Waals surface area contributed by atoms with Crippen molar-refractivity contribution in [3.8, 4) is 0 Å². The molecule has 162 valence electrons. The van der Waals surface area contributed by atoms with Crippen LogP contribution in [0.25, 0.3) is 0 Å². The Morgan fingerprint density at radius 1 is 1.14 bits per heavy atom. The number of amides is 3. The van der Waals surface area contributed by atoms with Gasteiger partial charge in [-0.15, -0.1) is 0 Å². The van der Waals surface area contributed by atoms with Gasteiger partial charge in [-0.3, -0.25) is 4.79 Å². The lowest BCUT2D eigenvalue weighted by Crippen LogP contribution is -2.39. The molecule has 0 bridgehead atoms. The molecule has 0 fully saturated rings. The van der Waals surface area contributed by atoms with Crippen LogP contribution in [0.15, 0.2) is 0 Å². The van der Waals surface area contributed by atoms with Crippen LogP contribution < -0.4 is 5.32 Å². The second kappa shape index (κ2) is 8.56. The van der Waals surface area contributed by atoms with E-state index in [0.717, 1.165) is 10.6 Å². The molecule has 1 aliphatic heterocycles. The van der Waals surface area contributed by atoms with E-state index in [9.17, 15) is 14.4 Å². The number of carbonyl (C=O) groups excluding carboxylic acids is 3. The monoisotopic (exact) mass is 426 g/mol. The molecular formula is C19H30N4O5S. The molecule has 0 saturated heterocycles. The van der Waals surface area contributed by atoms with Crippen molar-refractivity contribution in [3.63, 3.8) is 0 Å². The third-order valence-electron chi connectivity index (χ3n) is 3.72. The summed E-state index contributed by atoms with van der Waals surface area (Å²) in [4.78, 5) is 44.7. The minimum atomic E-state index is -0.629. The van der Waals surface area contributed by atoms with Gasteiger partial charge in [0.1, 0.15) is 17.7 Å². The van der Waals surface area contributed by atoms with E-state index in [1.165, 1.54) is 23.3 Å². The van der Waals surface area contributed by atoms with Gasteiger partial charge in [0.25, 0.3) is 0 Å². The van der Waals surface area contributed by atoms with Gasteiger partial charge >= 0.3 is 12.2 Å². The molecule has 0 aromatic carbocycles. The lowest BCUT2D eigenvalue weighted by Gasteiger charge is -2.29. The van der Waals surface area contributed by atoms with Crippen LogP contribution >= 0.6 is 11.3 Å². The molecule has 9 nitrogen and oxygen atoms in total. The van der Waals surface area contributed by atoms with Crippen molar-refractivity contribution in [1.29, 1.82) is 0 Å². The van der Waals surface area contributed by atoms with Crippen molar-refractivity contribution < 1.29 is 23.9 Å². The maximum Gasteiger partial charge on any atom is 0.410 e. The smallest absolute Gasteiger partial charge is 0.410 e. The Kier molecular flexibility index (Phi) is 6.77. The molecule has 2 heterocycles. The highest BCUT2D eigenvalue weighted by Gasteiger charge is 2.28. The number of thiazole rings is 1. The summed E-state index contributed by atoms with van der Waals surface area (Å²) in [5.41, 5.74) is -0.314. The van der Waals surface area contributed by atoms with E-state index in [1.54, 1.807) is 25.7 Å². The Bertz CT molecular complexity index is 779. The maximum atomic E-state index is 12.3. The number of carbonyl (C=O) groups is 3. The van der Waals surface area contributed by atoms with Crippen molar-refractivity contribution in [2.24, 2.45) is 0 Å². The molecule has 3 amide bonds. The largest absolute Gasteiger partial charge is 0.444 e. The number of fused-ring (bicyclic) bond motifs is 1. The van der Waals surface area contributed by atoms with E-state index in [4.69, 9.17) is 9.47 Å². The van der Waals surface area contributed by atoms with Crippen LogP contribution in [0.2, 0.25) is 0 Å². The van der Waals surface area contributed by atoms with Crippen molar-refractivity contribution in [3.05, 3.63) is 10.6 Å². The average Bonchev–Trinajstić information content (AvgIpc) is 2.92. The molecule has 0 spiro atoms. The summed E-state index contributed by atoms with van der Waals surface area (Å²) in [5, 5.41) is 3.16. The Labute approximate surface area is 175 Å². The van der Waals surface area contributed by atoms with Gasteiger partial charge in [-0.2, -0.15) is 0 Å². The van der Waals surface area contributed by atoms with Crippen LogP contribution in [0.4, 0.5) is 14.7 Å². The number of hydrogen-bond donors (Lipinski definition) is 1. The summed E-state index contributed by atoms with van der Waals surface area (Å²) in [6.45, 7) is 11.5. The first kappa shape index (κ1) is 22.9. The van der Waals surface area contributed by atoms with Crippen LogP contribution in [0.3, 0.4) is 0 Å². The first-order valence-electron chi connectivity index (χ1n) is 9.44. The lowest BCUT2D eigenvalue weighted by molar-refractivity contribution is -0.117. The molecule has 1 aromatic rings. The van der Waals surface area contributed by atoms with Crippen molar-refractivity contribution >= 4 is 34.6 Å². The van der Waals surface area contributed by atoms with E-state index in [2.05, 4.69) is 10.3 Å². The molecule has 0 aliphatic carbocycles. The fourth-order valence-electron chi connectivity index (χ4n) is 2.51. The number of rotatable bonds is 3. The Balaban J connectivity index is 1.92. The van der Waals surface area contributed by atoms with Crippen molar-refractivity contribution in [1.82, 2.24) is 14.8 Å². The first-order valence-corrected chi connectivity index (χ1v) is 10.3. The third-order valence-corrected chi connectivity index (χ3v) is 4.71. The predicted molar refractivity (Wildman–Crippen MR) is 110 cm³/mol. The Morgan fingerprint density at radius 2 is 1.76 bits per heavy atom. The summed E-state index contributed by atoms with van der Waals surface area (Å²) in [6, 6.07) is 0. The van der Waals surface area contributed by atoms with E-state index in [1.807, 2.05) is 20.8 Å². The molecule has 0 saturated carbocycles. The van der Waals surface area contributed by atoms with E-state index in [0.29, 0.717) is 24.6 Å². The fourth-order valence-corrected chi connectivity index (χ4v) is 3.55. The molecule has 1 N–H and O–H groups in total. The average molecular weight is 427 g/mol. The zero-order valence-corrected chi connectivity index (χ0v) is 18.9. The number of aromatic nitrogens is 1. The lowest BCUT2D eigenvalue weighted by atomic mass is 10.2. The van der Waals surface area contributed by atoms with E-state index < -0.39 is 17.3 Å². The van der Waals surface area contributed by atoms with Crippen LogP contribution in [0, 0.1) is 0 Å². The second-order valence-electron chi connectivity index (χ2n) is 8.93. The van der Waals surface area contributed by atoms with Gasteiger partial charge in [0.05, 0.1) is 12.2 Å². The van der Waals surface area contributed by atoms with Crippen molar-refractivity contribution in [2.45, 2.75) is 65.7 Å². The van der Waals surface area contributed by atoms with Gasteiger partial charge in [-0.1, -0.05) is 11.3 Å². The molecule has 29 heavy (non-hydrogen) atoms. The standard InChI is InChI=1S/C19H30N4O5S/c1-18(2,3)27-16(25)22(7)11-14(24)21-15-20-12-8-9-23(10-13(12)29-15)17(26)28-19(4,5)6/h8-11H2,1-7H3,(H,20,21,24). The van der Waals surface area contributed by atoms with Gasteiger partial charge in [-0.25, -0.2) is 14.6 Å². The second-order valence-corrected chi connectivity index (χ2v) is 10.0. The summed E-state index contributed by atoms with van der Waals surface area (Å²) in [5.74, 6) is -0.367. The molecule has 10 heteroatoms. The highest BCUT2D eigenvalue weighted by Crippen LogP contribution is 2.29. The minimum Gasteiger partial charge on any atom is -0.444 e. The topological polar surface area (TPSA) is 101 Å². The SMILES string of the molecule is CN(CC(=O)Nc1nc2c(s1)CN(C(=O)OC(C)(C)C)CC2)C(=O)OC(C)(C)C. The van der Waals surface area contributed by atoms with Gasteiger partial charge in [0.15, 0.2) is 5.13 Å². The molecule has 0 atom stereocenters. The summed E-state index contributed by atoms with van der Waals surface area (Å²) >= 11 is 1.32. The number of ether oxygens (including phenoxy) is 2. The number of nitrogens with one attached hydrogen (secondary N) is 1. The number of likely N-dealkylation sites (N-methyl/N-ethyl adjacent to an activating group) is 1. The normalized spacial score (nSPS) is 14.1. The quantitative estimate of drug-likeness (QED) is 0.796. The van der Waals surface area contributed by atoms with Gasteiger partial charge < -0.3 is 24.6 Å². The number of anilines is 1. The number of hydrogen-bond acceptors (Lipinski definition) is 7. The third kappa shape index (κ3) is 7.19. The van der Waals surface area contributed by atoms with Gasteiger partial charge in [-0.05, 0) is 41.5 Å². The highest BCUT2D eigenvalue weighted by atomic mass is 32.1. The molecule has 1 aromatic heterocycles. The predicted octanol–water partition coefficient (Wildman–Crippen LogP) is 3.24. The summed E-state index contributed by atoms with van der Waals surface area (Å²) in [6.07, 6.45) is -0.334. The van der Waals surface area contributed by atoms with E-state index in [-0.39, 0.29) is 18.5 Å². The molecular weight excluding hydrogens is 396 g/mol. The minimum absolute atomic E-state index is 0.150. The molecule has 0 unspecified atom stereocenters. The fraction of sp³-hybridized carbons (Fsp3) is 0.684. The Morgan fingerprint density at radius 3 is 2.34 bits per heavy atom. The van der Waals surface area contributed by atoms with E-state index >= 15 is 0 Å². The van der Waals surface area contributed by atoms with Crippen LogP contribution in [-0.4, -0.2) is 64.2 Å².